The first kappa shape index (κ1) is 10.1. The van der Waals surface area contributed by atoms with Crippen LogP contribution >= 0.6 is 7.26 Å². The summed E-state index contributed by atoms with van der Waals surface area (Å²) < 4.78 is 0. The molecule has 0 saturated heterocycles. The van der Waals surface area contributed by atoms with Gasteiger partial charge in [0.15, 0.2) is 0 Å². The van der Waals surface area contributed by atoms with Gasteiger partial charge in [-0.1, -0.05) is 6.08 Å². The fraction of sp³-hybridized carbons (Fsp3) is 0.750. The normalized spacial score (nSPS) is 11.5. The summed E-state index contributed by atoms with van der Waals surface area (Å²) in [6.45, 7) is 8.67. The van der Waals surface area contributed by atoms with Gasteiger partial charge < -0.3 is 5.11 Å². The maximum atomic E-state index is 8.59. The van der Waals surface area contributed by atoms with E-state index in [9.17, 15) is 0 Å². The lowest BCUT2D eigenvalue weighted by molar-refractivity contribution is 0.296. The Hall–Kier alpha value is 0.130. The number of aliphatic hydroxyl groups excluding tert-OH is 1. The first-order chi connectivity index (χ1) is 4.62. The number of hydrogen-bond acceptors (Lipinski definition) is 1. The van der Waals surface area contributed by atoms with Crippen molar-refractivity contribution in [1.82, 2.24) is 0 Å². The van der Waals surface area contributed by atoms with Crippen LogP contribution in [0.1, 0.15) is 6.42 Å². The zero-order chi connectivity index (χ0) is 8.04. The van der Waals surface area contributed by atoms with Crippen LogP contribution in [-0.4, -0.2) is 37.4 Å². The molecule has 0 aliphatic rings. The minimum absolute atomic E-state index is 0.334. The third-order valence-electron chi connectivity index (χ3n) is 1.54. The lowest BCUT2D eigenvalue weighted by atomic mass is 10.5. The molecule has 0 unspecified atom stereocenters. The largest absolute Gasteiger partial charge is 0.396 e. The summed E-state index contributed by atoms with van der Waals surface area (Å²) in [6.07, 6.45) is 5.28. The van der Waals surface area contributed by atoms with Gasteiger partial charge in [0.1, 0.15) is 0 Å². The second kappa shape index (κ2) is 4.87. The van der Waals surface area contributed by atoms with Gasteiger partial charge in [-0.05, 0) is 32.1 Å². The molecular formula is C8H18OP. The standard InChI is InChI=1S/C8H18OP/c1-4-7-10(2,3)8-5-6-9/h4,9H,1,5-8H2,2-3H3. The van der Waals surface area contributed by atoms with Crippen molar-refractivity contribution in [2.24, 2.45) is 0 Å². The molecule has 0 bridgehead atoms. The molecule has 10 heavy (non-hydrogen) atoms. The molecule has 0 aromatic heterocycles. The number of aliphatic hydroxyl groups is 1. The summed E-state index contributed by atoms with van der Waals surface area (Å²) in [5.74, 6) is 0. The Balaban J connectivity index is 3.51. The van der Waals surface area contributed by atoms with Gasteiger partial charge in [0.05, 0.1) is 0 Å². The average molecular weight is 161 g/mol. The summed E-state index contributed by atoms with van der Waals surface area (Å²) in [5, 5.41) is 8.59. The number of rotatable bonds is 5. The fourth-order valence-electron chi connectivity index (χ4n) is 0.940. The van der Waals surface area contributed by atoms with Crippen LogP contribution in [0.25, 0.3) is 0 Å². The molecule has 0 amide bonds. The van der Waals surface area contributed by atoms with Crippen molar-refractivity contribution in [3.63, 3.8) is 0 Å². The van der Waals surface area contributed by atoms with Crippen LogP contribution in [0.4, 0.5) is 0 Å². The second-order valence-corrected chi connectivity index (χ2v) is 7.89. The lowest BCUT2D eigenvalue weighted by Crippen LogP contribution is -2.00. The molecule has 0 aliphatic carbocycles. The van der Waals surface area contributed by atoms with Gasteiger partial charge in [0.2, 0.25) is 0 Å². The van der Waals surface area contributed by atoms with Crippen molar-refractivity contribution in [2.75, 3.05) is 32.3 Å². The molecule has 1 N–H and O–H groups in total. The van der Waals surface area contributed by atoms with Crippen molar-refractivity contribution in [1.29, 1.82) is 0 Å². The molecule has 0 aromatic rings. The Morgan fingerprint density at radius 3 is 2.50 bits per heavy atom. The monoisotopic (exact) mass is 161 g/mol. The zero-order valence-corrected chi connectivity index (χ0v) is 7.90. The summed E-state index contributed by atoms with van der Waals surface area (Å²) in [7, 11) is -0.737. The van der Waals surface area contributed by atoms with Crippen LogP contribution < -0.4 is 0 Å². The summed E-state index contributed by atoms with van der Waals surface area (Å²) >= 11 is 0. The second-order valence-electron chi connectivity index (χ2n) is 3.21. The molecule has 0 aromatic carbocycles. The topological polar surface area (TPSA) is 20.2 Å². The Morgan fingerprint density at radius 1 is 1.50 bits per heavy atom. The number of hydrogen-bond donors (Lipinski definition) is 1. The van der Waals surface area contributed by atoms with Gasteiger partial charge >= 0.3 is 0 Å². The van der Waals surface area contributed by atoms with E-state index in [1.165, 1.54) is 6.16 Å². The lowest BCUT2D eigenvalue weighted by Gasteiger charge is -2.24. The van der Waals surface area contributed by atoms with Crippen molar-refractivity contribution in [3.8, 4) is 0 Å². The van der Waals surface area contributed by atoms with Crippen LogP contribution in [-0.2, 0) is 0 Å². The maximum absolute atomic E-state index is 8.59. The van der Waals surface area contributed by atoms with Crippen LogP contribution in [0.5, 0.6) is 0 Å². The van der Waals surface area contributed by atoms with Gasteiger partial charge in [0, 0.05) is 6.61 Å². The molecule has 0 rings (SSSR count). The molecule has 0 fully saturated rings. The highest BCUT2D eigenvalue weighted by atomic mass is 31.2. The molecule has 0 atom stereocenters. The SMILES string of the molecule is C=CC[P](C)(C)CCCO. The van der Waals surface area contributed by atoms with Crippen molar-refractivity contribution >= 4 is 7.26 Å². The highest BCUT2D eigenvalue weighted by Crippen LogP contribution is 2.51. The van der Waals surface area contributed by atoms with E-state index < -0.39 is 7.26 Å². The van der Waals surface area contributed by atoms with Crippen molar-refractivity contribution in [2.45, 2.75) is 6.42 Å². The Labute approximate surface area is 64.5 Å². The predicted octanol–water partition coefficient (Wildman–Crippen LogP) is 1.83. The molecular weight excluding hydrogens is 143 g/mol. The third-order valence-corrected chi connectivity index (χ3v) is 4.32. The van der Waals surface area contributed by atoms with Crippen molar-refractivity contribution < 1.29 is 5.11 Å². The first-order valence-corrected chi connectivity index (χ1v) is 6.71. The average Bonchev–Trinajstić information content (AvgIpc) is 1.84. The Kier molecular flexibility index (Phi) is 4.93. The molecule has 0 spiro atoms. The Bertz CT molecular complexity index is 99.4. The van der Waals surface area contributed by atoms with E-state index in [1.807, 2.05) is 6.08 Å². The highest BCUT2D eigenvalue weighted by Gasteiger charge is 2.11. The minimum atomic E-state index is -0.737. The highest BCUT2D eigenvalue weighted by molar-refractivity contribution is 7.74. The molecule has 2 heteroatoms. The van der Waals surface area contributed by atoms with E-state index in [1.54, 1.807) is 0 Å². The van der Waals surface area contributed by atoms with E-state index in [4.69, 9.17) is 5.11 Å². The van der Waals surface area contributed by atoms with Crippen LogP contribution in [0.15, 0.2) is 12.7 Å². The smallest absolute Gasteiger partial charge is 0.0434 e. The molecule has 0 saturated carbocycles. The van der Waals surface area contributed by atoms with E-state index in [0.717, 1.165) is 12.6 Å². The van der Waals surface area contributed by atoms with E-state index in [2.05, 4.69) is 19.9 Å². The van der Waals surface area contributed by atoms with Gasteiger partial charge in [0.25, 0.3) is 0 Å². The molecule has 1 radical (unpaired) electrons. The Morgan fingerprint density at radius 2 is 2.10 bits per heavy atom. The van der Waals surface area contributed by atoms with Gasteiger partial charge in [-0.25, -0.2) is 0 Å². The first-order valence-electron chi connectivity index (χ1n) is 3.66. The maximum Gasteiger partial charge on any atom is 0.0434 e. The van der Waals surface area contributed by atoms with Gasteiger partial charge in [-0.2, -0.15) is 0 Å². The molecule has 0 aliphatic heterocycles. The van der Waals surface area contributed by atoms with Crippen molar-refractivity contribution in [3.05, 3.63) is 12.7 Å². The number of allylic oxidation sites excluding steroid dienone is 1. The molecule has 0 heterocycles. The van der Waals surface area contributed by atoms with Crippen LogP contribution in [0.3, 0.4) is 0 Å². The van der Waals surface area contributed by atoms with Gasteiger partial charge in [-0.3, -0.25) is 0 Å². The quantitative estimate of drug-likeness (QED) is 0.481. The predicted molar refractivity (Wildman–Crippen MR) is 50.4 cm³/mol. The fourth-order valence-corrected chi connectivity index (χ4v) is 2.82. The molecule has 1 nitrogen and oxygen atoms in total. The van der Waals surface area contributed by atoms with Crippen LogP contribution in [0.2, 0.25) is 0 Å². The summed E-state index contributed by atoms with van der Waals surface area (Å²) in [4.78, 5) is 0. The zero-order valence-electron chi connectivity index (χ0n) is 7.01. The van der Waals surface area contributed by atoms with E-state index in [-0.39, 0.29) is 0 Å². The minimum Gasteiger partial charge on any atom is -0.396 e. The van der Waals surface area contributed by atoms with Crippen LogP contribution in [0, 0.1) is 0 Å². The van der Waals surface area contributed by atoms with E-state index >= 15 is 0 Å². The van der Waals surface area contributed by atoms with E-state index in [0.29, 0.717) is 6.61 Å². The molecule has 61 valence electrons. The van der Waals surface area contributed by atoms with Gasteiger partial charge in [-0.15, -0.1) is 13.8 Å². The summed E-state index contributed by atoms with van der Waals surface area (Å²) in [6, 6.07) is 0. The third kappa shape index (κ3) is 4.96. The summed E-state index contributed by atoms with van der Waals surface area (Å²) in [5.41, 5.74) is 0.